The summed E-state index contributed by atoms with van der Waals surface area (Å²) < 4.78 is 0. The van der Waals surface area contributed by atoms with Crippen molar-refractivity contribution in [2.45, 2.75) is 33.6 Å². The Morgan fingerprint density at radius 2 is 2.05 bits per heavy atom. The fraction of sp³-hybridized carbons (Fsp3) is 0.615. The molecule has 0 aliphatic heterocycles. The first kappa shape index (κ1) is 14.0. The number of aliphatic carboxylic acids is 1. The Morgan fingerprint density at radius 1 is 1.42 bits per heavy atom. The van der Waals surface area contributed by atoms with Gasteiger partial charge in [0.15, 0.2) is 5.13 Å². The first-order chi connectivity index (χ1) is 8.75. The van der Waals surface area contributed by atoms with Crippen LogP contribution in [0, 0.1) is 17.3 Å². The molecule has 0 unspecified atom stereocenters. The first-order valence-corrected chi connectivity index (χ1v) is 7.12. The molecule has 1 heterocycles. The molecule has 1 aromatic heterocycles. The van der Waals surface area contributed by atoms with E-state index in [4.69, 9.17) is 5.11 Å². The van der Waals surface area contributed by atoms with E-state index in [1.54, 1.807) is 13.8 Å². The van der Waals surface area contributed by atoms with Crippen LogP contribution in [0.3, 0.4) is 0 Å². The number of carboxylic acid groups (broad SMARTS) is 1. The van der Waals surface area contributed by atoms with Gasteiger partial charge in [-0.15, -0.1) is 11.3 Å². The van der Waals surface area contributed by atoms with E-state index in [2.05, 4.69) is 10.3 Å². The van der Waals surface area contributed by atoms with Gasteiger partial charge in [-0.2, -0.15) is 0 Å². The molecule has 1 fully saturated rings. The predicted octanol–water partition coefficient (Wildman–Crippen LogP) is 2.56. The van der Waals surface area contributed by atoms with Crippen molar-refractivity contribution in [3.8, 4) is 0 Å². The van der Waals surface area contributed by atoms with Crippen molar-refractivity contribution >= 4 is 28.3 Å². The minimum Gasteiger partial charge on any atom is -0.481 e. The van der Waals surface area contributed by atoms with E-state index in [9.17, 15) is 9.59 Å². The molecular formula is C13H18N2O3S. The van der Waals surface area contributed by atoms with Crippen LogP contribution in [0.1, 0.15) is 39.3 Å². The molecule has 0 spiro atoms. The number of aromatic nitrogens is 1. The lowest BCUT2D eigenvalue weighted by Gasteiger charge is -2.02. The second kappa shape index (κ2) is 4.59. The molecule has 0 saturated heterocycles. The van der Waals surface area contributed by atoms with Crippen molar-refractivity contribution in [1.29, 1.82) is 0 Å². The lowest BCUT2D eigenvalue weighted by molar-refractivity contribution is -0.140. The van der Waals surface area contributed by atoms with Gasteiger partial charge in [-0.25, -0.2) is 4.98 Å². The lowest BCUT2D eigenvalue weighted by Crippen LogP contribution is -2.17. The topological polar surface area (TPSA) is 79.3 Å². The maximum Gasteiger partial charge on any atom is 0.307 e. The van der Waals surface area contributed by atoms with Crippen molar-refractivity contribution in [2.75, 3.05) is 5.32 Å². The summed E-state index contributed by atoms with van der Waals surface area (Å²) in [5.74, 6) is -1.92. The Bertz CT molecular complexity index is 522. The standard InChI is InChI=1S/C13H18N2O3S/c1-6(2)7-5-19-12(14-7)15-10(16)8-9(11(17)18)13(8,3)4/h5-6,8-9H,1-4H3,(H,17,18)(H,14,15,16)/t8-,9+/m1/s1. The predicted molar refractivity (Wildman–Crippen MR) is 73.2 cm³/mol. The van der Waals surface area contributed by atoms with Gasteiger partial charge >= 0.3 is 5.97 Å². The second-order valence-electron chi connectivity index (χ2n) is 5.84. The number of rotatable bonds is 4. The van der Waals surface area contributed by atoms with Crippen LogP contribution in [0.4, 0.5) is 5.13 Å². The summed E-state index contributed by atoms with van der Waals surface area (Å²) in [5.41, 5.74) is 0.457. The smallest absolute Gasteiger partial charge is 0.307 e. The number of anilines is 1. The fourth-order valence-corrected chi connectivity index (χ4v) is 3.25. The first-order valence-electron chi connectivity index (χ1n) is 6.24. The molecule has 5 nitrogen and oxygen atoms in total. The largest absolute Gasteiger partial charge is 0.481 e. The molecule has 19 heavy (non-hydrogen) atoms. The van der Waals surface area contributed by atoms with Crippen LogP contribution in [-0.2, 0) is 9.59 Å². The molecule has 0 aromatic carbocycles. The third kappa shape index (κ3) is 2.49. The molecule has 2 atom stereocenters. The van der Waals surface area contributed by atoms with Gasteiger partial charge in [0, 0.05) is 5.38 Å². The zero-order valence-corrected chi connectivity index (χ0v) is 12.2. The molecule has 1 aromatic rings. The molecule has 0 bridgehead atoms. The van der Waals surface area contributed by atoms with E-state index in [0.29, 0.717) is 11.0 Å². The summed E-state index contributed by atoms with van der Waals surface area (Å²) in [5, 5.41) is 14.2. The Morgan fingerprint density at radius 3 is 2.47 bits per heavy atom. The van der Waals surface area contributed by atoms with E-state index in [1.165, 1.54) is 11.3 Å². The number of carboxylic acids is 1. The number of hydrogen-bond donors (Lipinski definition) is 2. The third-order valence-corrected chi connectivity index (χ3v) is 4.50. The summed E-state index contributed by atoms with van der Waals surface area (Å²) in [6.45, 7) is 7.67. The van der Waals surface area contributed by atoms with Gasteiger partial charge in [-0.1, -0.05) is 27.7 Å². The van der Waals surface area contributed by atoms with Crippen molar-refractivity contribution in [3.63, 3.8) is 0 Å². The van der Waals surface area contributed by atoms with Crippen molar-refractivity contribution < 1.29 is 14.7 Å². The van der Waals surface area contributed by atoms with E-state index >= 15 is 0 Å². The number of hydrogen-bond acceptors (Lipinski definition) is 4. The number of nitrogens with one attached hydrogen (secondary N) is 1. The Hall–Kier alpha value is -1.43. The maximum absolute atomic E-state index is 12.1. The number of carbonyl (C=O) groups is 2. The number of thiazole rings is 1. The van der Waals surface area contributed by atoms with E-state index in [-0.39, 0.29) is 5.91 Å². The quantitative estimate of drug-likeness (QED) is 0.889. The van der Waals surface area contributed by atoms with Gasteiger partial charge in [-0.3, -0.25) is 9.59 Å². The molecule has 2 rings (SSSR count). The molecule has 1 aliphatic rings. The average molecular weight is 282 g/mol. The van der Waals surface area contributed by atoms with Crippen LogP contribution < -0.4 is 5.32 Å². The van der Waals surface area contributed by atoms with Crippen LogP contribution in [0.5, 0.6) is 0 Å². The Kier molecular flexibility index (Phi) is 3.38. The van der Waals surface area contributed by atoms with Gasteiger partial charge in [0.1, 0.15) is 0 Å². The summed E-state index contributed by atoms with van der Waals surface area (Å²) in [6, 6.07) is 0. The average Bonchev–Trinajstić information content (AvgIpc) is 2.67. The van der Waals surface area contributed by atoms with E-state index < -0.39 is 23.2 Å². The van der Waals surface area contributed by atoms with Gasteiger partial charge in [0.05, 0.1) is 17.5 Å². The third-order valence-electron chi connectivity index (χ3n) is 3.72. The fourth-order valence-electron chi connectivity index (χ4n) is 2.38. The molecule has 0 radical (unpaired) electrons. The van der Waals surface area contributed by atoms with Crippen LogP contribution in [0.2, 0.25) is 0 Å². The molecule has 6 heteroatoms. The van der Waals surface area contributed by atoms with Gasteiger partial charge in [0.25, 0.3) is 0 Å². The maximum atomic E-state index is 12.1. The van der Waals surface area contributed by atoms with Crippen LogP contribution >= 0.6 is 11.3 Å². The highest BCUT2D eigenvalue weighted by Gasteiger charge is 2.65. The molecule has 1 aliphatic carbocycles. The minimum atomic E-state index is -0.910. The van der Waals surface area contributed by atoms with E-state index in [1.807, 2.05) is 19.2 Å². The molecule has 2 N–H and O–H groups in total. The summed E-state index contributed by atoms with van der Waals surface area (Å²) in [4.78, 5) is 27.4. The van der Waals surface area contributed by atoms with Crippen LogP contribution in [-0.4, -0.2) is 22.0 Å². The zero-order chi connectivity index (χ0) is 14.4. The zero-order valence-electron chi connectivity index (χ0n) is 11.4. The summed E-state index contributed by atoms with van der Waals surface area (Å²) in [7, 11) is 0. The minimum absolute atomic E-state index is 0.248. The highest BCUT2D eigenvalue weighted by Crippen LogP contribution is 2.58. The molecule has 104 valence electrons. The van der Waals surface area contributed by atoms with Gasteiger partial charge in [0.2, 0.25) is 5.91 Å². The van der Waals surface area contributed by atoms with Gasteiger partial charge in [-0.05, 0) is 11.3 Å². The van der Waals surface area contributed by atoms with E-state index in [0.717, 1.165) is 5.69 Å². The number of nitrogens with zero attached hydrogens (tertiary/aromatic N) is 1. The second-order valence-corrected chi connectivity index (χ2v) is 6.69. The molecule has 1 saturated carbocycles. The monoisotopic (exact) mass is 282 g/mol. The van der Waals surface area contributed by atoms with Crippen molar-refractivity contribution in [1.82, 2.24) is 4.98 Å². The Balaban J connectivity index is 2.04. The number of carbonyl (C=O) groups excluding carboxylic acids is 1. The molecule has 1 amide bonds. The summed E-state index contributed by atoms with van der Waals surface area (Å²) in [6.07, 6.45) is 0. The summed E-state index contributed by atoms with van der Waals surface area (Å²) >= 11 is 1.37. The normalized spacial score (nSPS) is 24.3. The SMILES string of the molecule is CC(C)c1csc(NC(=O)[C@H]2[C@@H](C(=O)O)C2(C)C)n1. The highest BCUT2D eigenvalue weighted by atomic mass is 32.1. The van der Waals surface area contributed by atoms with Gasteiger partial charge < -0.3 is 10.4 Å². The molecular weight excluding hydrogens is 264 g/mol. The lowest BCUT2D eigenvalue weighted by atomic mass is 10.1. The Labute approximate surface area is 116 Å². The highest BCUT2D eigenvalue weighted by molar-refractivity contribution is 7.13. The number of amides is 1. The van der Waals surface area contributed by atoms with Crippen molar-refractivity contribution in [2.24, 2.45) is 17.3 Å². The van der Waals surface area contributed by atoms with Crippen LogP contribution in [0.25, 0.3) is 0 Å². The van der Waals surface area contributed by atoms with Crippen LogP contribution in [0.15, 0.2) is 5.38 Å². The van der Waals surface area contributed by atoms with Crippen molar-refractivity contribution in [3.05, 3.63) is 11.1 Å².